The first-order valence-electron chi connectivity index (χ1n) is 6.71. The molecule has 0 heterocycles. The van der Waals surface area contributed by atoms with Gasteiger partial charge in [-0.25, -0.2) is 5.48 Å². The number of hydroxylamine groups is 1. The average molecular weight is 287 g/mol. The summed E-state index contributed by atoms with van der Waals surface area (Å²) in [6, 6.07) is 7.78. The van der Waals surface area contributed by atoms with Crippen LogP contribution in [0.15, 0.2) is 48.0 Å². The van der Waals surface area contributed by atoms with Crippen molar-refractivity contribution in [3.05, 3.63) is 54.1 Å². The number of aliphatic imine (C=N–C) groups is 1. The molecule has 1 aromatic rings. The van der Waals surface area contributed by atoms with Gasteiger partial charge in [0.15, 0.2) is 0 Å². The minimum absolute atomic E-state index is 0.553. The van der Waals surface area contributed by atoms with Gasteiger partial charge in [0.1, 0.15) is 5.84 Å². The van der Waals surface area contributed by atoms with Crippen molar-refractivity contribution in [1.29, 1.82) is 0 Å². The van der Waals surface area contributed by atoms with Crippen molar-refractivity contribution in [2.45, 2.75) is 12.8 Å². The Hall–Kier alpha value is -2.40. The molecule has 3 N–H and O–H groups in total. The van der Waals surface area contributed by atoms with Crippen LogP contribution in [-0.4, -0.2) is 30.5 Å². The lowest BCUT2D eigenvalue weighted by molar-refractivity contribution is -0.124. The van der Waals surface area contributed by atoms with Crippen molar-refractivity contribution in [2.75, 3.05) is 13.6 Å². The van der Waals surface area contributed by atoms with E-state index in [2.05, 4.69) is 16.9 Å². The van der Waals surface area contributed by atoms with Crippen LogP contribution >= 0.6 is 0 Å². The Labute approximate surface area is 125 Å². The minimum atomic E-state index is -0.553. The smallest absolute Gasteiger partial charge is 0.267 e. The SMILES string of the molecule is C=CCCNC(Cc1cccc(/C=C/C(=O)NO)c1)=NC. The zero-order valence-electron chi connectivity index (χ0n) is 12.2. The third-order valence-corrected chi connectivity index (χ3v) is 2.81. The first-order valence-corrected chi connectivity index (χ1v) is 6.71. The van der Waals surface area contributed by atoms with Crippen LogP contribution in [0.4, 0.5) is 0 Å². The maximum absolute atomic E-state index is 11.0. The first-order chi connectivity index (χ1) is 10.2. The number of amidine groups is 1. The summed E-state index contributed by atoms with van der Waals surface area (Å²) in [4.78, 5) is 15.2. The fraction of sp³-hybridized carbons (Fsp3) is 0.250. The molecular weight excluding hydrogens is 266 g/mol. The van der Waals surface area contributed by atoms with Gasteiger partial charge in [0.05, 0.1) is 0 Å². The molecule has 0 atom stereocenters. The zero-order chi connectivity index (χ0) is 15.5. The van der Waals surface area contributed by atoms with Crippen LogP contribution in [0, 0.1) is 0 Å². The third-order valence-electron chi connectivity index (χ3n) is 2.81. The van der Waals surface area contributed by atoms with E-state index in [0.717, 1.165) is 29.9 Å². The van der Waals surface area contributed by atoms with Gasteiger partial charge in [0.2, 0.25) is 0 Å². The van der Waals surface area contributed by atoms with Crippen molar-refractivity contribution in [3.63, 3.8) is 0 Å². The molecule has 0 unspecified atom stereocenters. The number of amides is 1. The summed E-state index contributed by atoms with van der Waals surface area (Å²) in [5, 5.41) is 11.7. The second-order valence-corrected chi connectivity index (χ2v) is 4.41. The van der Waals surface area contributed by atoms with E-state index < -0.39 is 5.91 Å². The molecule has 0 spiro atoms. The van der Waals surface area contributed by atoms with E-state index in [1.54, 1.807) is 18.6 Å². The number of benzene rings is 1. The van der Waals surface area contributed by atoms with Crippen LogP contribution < -0.4 is 10.8 Å². The van der Waals surface area contributed by atoms with E-state index in [1.807, 2.05) is 30.3 Å². The predicted molar refractivity (Wildman–Crippen MR) is 85.3 cm³/mol. The maximum Gasteiger partial charge on any atom is 0.267 e. The summed E-state index contributed by atoms with van der Waals surface area (Å²) in [6.07, 6.45) is 6.36. The Bertz CT molecular complexity index is 536. The van der Waals surface area contributed by atoms with Crippen LogP contribution in [0.2, 0.25) is 0 Å². The predicted octanol–water partition coefficient (Wildman–Crippen LogP) is 1.94. The number of nitrogens with one attached hydrogen (secondary N) is 2. The monoisotopic (exact) mass is 287 g/mol. The summed E-state index contributed by atoms with van der Waals surface area (Å²) < 4.78 is 0. The van der Waals surface area contributed by atoms with E-state index in [4.69, 9.17) is 5.21 Å². The second kappa shape index (κ2) is 9.50. The molecule has 0 bridgehead atoms. The van der Waals surface area contributed by atoms with E-state index in [1.165, 1.54) is 6.08 Å². The lowest BCUT2D eigenvalue weighted by Crippen LogP contribution is -2.26. The molecule has 112 valence electrons. The van der Waals surface area contributed by atoms with Gasteiger partial charge < -0.3 is 5.32 Å². The fourth-order valence-corrected chi connectivity index (χ4v) is 1.75. The van der Waals surface area contributed by atoms with E-state index in [0.29, 0.717) is 6.42 Å². The van der Waals surface area contributed by atoms with Crippen LogP contribution in [0.25, 0.3) is 6.08 Å². The first kappa shape index (κ1) is 16.7. The number of hydrogen-bond donors (Lipinski definition) is 3. The molecule has 0 aliphatic rings. The van der Waals surface area contributed by atoms with Crippen LogP contribution in [0.3, 0.4) is 0 Å². The summed E-state index contributed by atoms with van der Waals surface area (Å²) in [6.45, 7) is 4.49. The van der Waals surface area contributed by atoms with Gasteiger partial charge in [-0.2, -0.15) is 0 Å². The van der Waals surface area contributed by atoms with Gasteiger partial charge in [-0.3, -0.25) is 15.0 Å². The van der Waals surface area contributed by atoms with Crippen LogP contribution in [0.1, 0.15) is 17.5 Å². The van der Waals surface area contributed by atoms with Gasteiger partial charge in [-0.1, -0.05) is 30.3 Å². The molecule has 0 radical (unpaired) electrons. The summed E-state index contributed by atoms with van der Waals surface area (Å²) >= 11 is 0. The molecule has 0 saturated carbocycles. The quantitative estimate of drug-likeness (QED) is 0.136. The van der Waals surface area contributed by atoms with E-state index in [-0.39, 0.29) is 0 Å². The molecule has 5 heteroatoms. The Morgan fingerprint density at radius 2 is 2.29 bits per heavy atom. The van der Waals surface area contributed by atoms with Crippen molar-refractivity contribution in [2.24, 2.45) is 4.99 Å². The van der Waals surface area contributed by atoms with Crippen molar-refractivity contribution >= 4 is 17.8 Å². The topological polar surface area (TPSA) is 73.7 Å². The number of rotatable bonds is 7. The molecule has 0 aliphatic carbocycles. The fourth-order valence-electron chi connectivity index (χ4n) is 1.75. The molecular formula is C16H21N3O2. The molecule has 5 nitrogen and oxygen atoms in total. The molecule has 1 rings (SSSR count). The Kier molecular flexibility index (Phi) is 7.53. The van der Waals surface area contributed by atoms with E-state index in [9.17, 15) is 4.79 Å². The zero-order valence-corrected chi connectivity index (χ0v) is 12.2. The highest BCUT2D eigenvalue weighted by atomic mass is 16.5. The maximum atomic E-state index is 11.0. The van der Waals surface area contributed by atoms with Crippen molar-refractivity contribution in [1.82, 2.24) is 10.8 Å². The highest BCUT2D eigenvalue weighted by Gasteiger charge is 2.01. The Balaban J connectivity index is 2.69. The highest BCUT2D eigenvalue weighted by molar-refractivity contribution is 5.91. The van der Waals surface area contributed by atoms with E-state index >= 15 is 0 Å². The number of carbonyl (C=O) groups is 1. The Morgan fingerprint density at radius 3 is 2.95 bits per heavy atom. The molecule has 21 heavy (non-hydrogen) atoms. The number of nitrogens with zero attached hydrogens (tertiary/aromatic N) is 1. The highest BCUT2D eigenvalue weighted by Crippen LogP contribution is 2.08. The van der Waals surface area contributed by atoms with Crippen LogP contribution in [0.5, 0.6) is 0 Å². The average Bonchev–Trinajstić information content (AvgIpc) is 2.52. The van der Waals surface area contributed by atoms with Gasteiger partial charge in [0, 0.05) is 26.1 Å². The summed E-state index contributed by atoms with van der Waals surface area (Å²) in [5.41, 5.74) is 3.53. The minimum Gasteiger partial charge on any atom is -0.373 e. The normalized spacial score (nSPS) is 11.4. The van der Waals surface area contributed by atoms with Crippen molar-refractivity contribution < 1.29 is 10.0 Å². The van der Waals surface area contributed by atoms with Gasteiger partial charge in [-0.15, -0.1) is 6.58 Å². The third kappa shape index (κ3) is 6.54. The molecule has 0 aliphatic heterocycles. The standard InChI is InChI=1S/C16H21N3O2/c1-3-4-10-18-15(17-2)12-14-7-5-6-13(11-14)8-9-16(20)19-21/h3,5-9,11,21H,1,4,10,12H2,2H3,(H,17,18)(H,19,20)/b9-8+. The van der Waals surface area contributed by atoms with Gasteiger partial charge >= 0.3 is 0 Å². The van der Waals surface area contributed by atoms with Gasteiger partial charge in [0.25, 0.3) is 5.91 Å². The molecule has 0 aromatic heterocycles. The number of hydrogen-bond acceptors (Lipinski definition) is 3. The second-order valence-electron chi connectivity index (χ2n) is 4.41. The molecule has 1 amide bonds. The summed E-state index contributed by atoms with van der Waals surface area (Å²) in [5.74, 6) is 0.355. The largest absolute Gasteiger partial charge is 0.373 e. The molecule has 1 aromatic carbocycles. The van der Waals surface area contributed by atoms with Crippen molar-refractivity contribution in [3.8, 4) is 0 Å². The van der Waals surface area contributed by atoms with Crippen LogP contribution in [-0.2, 0) is 11.2 Å². The molecule has 0 fully saturated rings. The molecule has 0 saturated heterocycles. The number of carbonyl (C=O) groups excluding carboxylic acids is 1. The summed E-state index contributed by atoms with van der Waals surface area (Å²) in [7, 11) is 1.76. The lowest BCUT2D eigenvalue weighted by atomic mass is 10.1. The Morgan fingerprint density at radius 1 is 1.48 bits per heavy atom. The van der Waals surface area contributed by atoms with Gasteiger partial charge in [-0.05, 0) is 23.6 Å². The lowest BCUT2D eigenvalue weighted by Gasteiger charge is -2.09.